The SMILES string of the molecule is CC(C)(C)OC(=O)NC1(C(=O)O)CCN2CCC1C2. The number of amides is 1. The molecule has 0 radical (unpaired) electrons. The average molecular weight is 270 g/mol. The highest BCUT2D eigenvalue weighted by Gasteiger charge is 2.53. The van der Waals surface area contributed by atoms with Gasteiger partial charge in [0.25, 0.3) is 0 Å². The zero-order valence-corrected chi connectivity index (χ0v) is 11.7. The van der Waals surface area contributed by atoms with Gasteiger partial charge in [0.05, 0.1) is 0 Å². The van der Waals surface area contributed by atoms with Crippen LogP contribution in [0.3, 0.4) is 0 Å². The number of carbonyl (C=O) groups is 2. The fourth-order valence-corrected chi connectivity index (χ4v) is 2.96. The third-order valence-corrected chi connectivity index (χ3v) is 3.90. The number of piperidine rings is 1. The smallest absolute Gasteiger partial charge is 0.408 e. The van der Waals surface area contributed by atoms with Crippen LogP contribution in [0.1, 0.15) is 33.6 Å². The maximum Gasteiger partial charge on any atom is 0.408 e. The standard InChI is InChI=1S/C13H22N2O4/c1-12(2,3)19-11(18)14-13(10(16)17)5-7-15-6-4-9(13)8-15/h9H,4-8H2,1-3H3,(H,14,18)(H,16,17). The van der Waals surface area contributed by atoms with Crippen molar-refractivity contribution in [3.63, 3.8) is 0 Å². The molecule has 2 aliphatic rings. The number of fused-ring (bicyclic) bond motifs is 2. The number of hydrogen-bond acceptors (Lipinski definition) is 4. The first-order chi connectivity index (χ1) is 8.73. The molecule has 0 aromatic rings. The third kappa shape index (κ3) is 2.83. The Morgan fingerprint density at radius 1 is 1.37 bits per heavy atom. The predicted molar refractivity (Wildman–Crippen MR) is 68.9 cm³/mol. The summed E-state index contributed by atoms with van der Waals surface area (Å²) in [7, 11) is 0. The molecule has 2 heterocycles. The van der Waals surface area contributed by atoms with Gasteiger partial charge in [-0.15, -0.1) is 0 Å². The predicted octanol–water partition coefficient (Wildman–Crippen LogP) is 1.06. The van der Waals surface area contributed by atoms with E-state index < -0.39 is 23.2 Å². The van der Waals surface area contributed by atoms with Crippen LogP contribution in [-0.2, 0) is 9.53 Å². The molecule has 3 atom stereocenters. The summed E-state index contributed by atoms with van der Waals surface area (Å²) in [6.07, 6.45) is 0.601. The van der Waals surface area contributed by atoms with Gasteiger partial charge in [0.1, 0.15) is 11.1 Å². The molecule has 0 saturated carbocycles. The quantitative estimate of drug-likeness (QED) is 0.784. The summed E-state index contributed by atoms with van der Waals surface area (Å²) in [6.45, 7) is 7.64. The van der Waals surface area contributed by atoms with E-state index in [0.717, 1.165) is 19.5 Å². The van der Waals surface area contributed by atoms with Crippen LogP contribution in [0.25, 0.3) is 0 Å². The van der Waals surface area contributed by atoms with Crippen LogP contribution in [-0.4, -0.2) is 52.8 Å². The molecule has 0 aromatic heterocycles. The minimum Gasteiger partial charge on any atom is -0.479 e. The Balaban J connectivity index is 2.12. The molecule has 0 aromatic carbocycles. The first-order valence-electron chi connectivity index (χ1n) is 6.70. The van der Waals surface area contributed by atoms with Crippen molar-refractivity contribution in [1.29, 1.82) is 0 Å². The topological polar surface area (TPSA) is 78.9 Å². The largest absolute Gasteiger partial charge is 0.479 e. The minimum atomic E-state index is -1.17. The highest BCUT2D eigenvalue weighted by atomic mass is 16.6. The van der Waals surface area contributed by atoms with Crippen LogP contribution in [0.5, 0.6) is 0 Å². The molecule has 2 bridgehead atoms. The fourth-order valence-electron chi connectivity index (χ4n) is 2.96. The van der Waals surface area contributed by atoms with Gasteiger partial charge >= 0.3 is 12.1 Å². The van der Waals surface area contributed by atoms with Gasteiger partial charge < -0.3 is 20.1 Å². The summed E-state index contributed by atoms with van der Waals surface area (Å²) in [6, 6.07) is 0. The normalized spacial score (nSPS) is 33.8. The summed E-state index contributed by atoms with van der Waals surface area (Å²) in [5.41, 5.74) is -1.80. The number of nitrogens with zero attached hydrogens (tertiary/aromatic N) is 1. The second kappa shape index (κ2) is 4.67. The summed E-state index contributed by atoms with van der Waals surface area (Å²) >= 11 is 0. The zero-order chi connectivity index (χ0) is 14.3. The van der Waals surface area contributed by atoms with Gasteiger partial charge in [0.15, 0.2) is 0 Å². The average Bonchev–Trinajstić information content (AvgIpc) is 2.64. The van der Waals surface area contributed by atoms with Crippen molar-refractivity contribution in [2.45, 2.75) is 44.8 Å². The molecule has 2 N–H and O–H groups in total. The molecule has 0 spiro atoms. The molecule has 2 saturated heterocycles. The van der Waals surface area contributed by atoms with E-state index in [9.17, 15) is 14.7 Å². The highest BCUT2D eigenvalue weighted by molar-refractivity contribution is 5.85. The van der Waals surface area contributed by atoms with E-state index >= 15 is 0 Å². The zero-order valence-electron chi connectivity index (χ0n) is 11.7. The van der Waals surface area contributed by atoms with Crippen LogP contribution < -0.4 is 5.32 Å². The van der Waals surface area contributed by atoms with Crippen molar-refractivity contribution < 1.29 is 19.4 Å². The van der Waals surface area contributed by atoms with Crippen LogP contribution in [0.15, 0.2) is 0 Å². The van der Waals surface area contributed by atoms with Crippen LogP contribution in [0, 0.1) is 5.92 Å². The monoisotopic (exact) mass is 270 g/mol. The molecule has 3 unspecified atom stereocenters. The van der Waals surface area contributed by atoms with E-state index in [1.807, 2.05) is 0 Å². The van der Waals surface area contributed by atoms with E-state index in [-0.39, 0.29) is 5.92 Å². The van der Waals surface area contributed by atoms with Gasteiger partial charge in [-0.2, -0.15) is 0 Å². The van der Waals surface area contributed by atoms with Gasteiger partial charge in [-0.05, 0) is 40.2 Å². The minimum absolute atomic E-state index is 0.0359. The molecule has 1 amide bonds. The Hall–Kier alpha value is -1.30. The number of hydrogen-bond donors (Lipinski definition) is 2. The summed E-state index contributed by atoms with van der Waals surface area (Å²) in [5.74, 6) is -0.990. The maximum atomic E-state index is 11.9. The number of carbonyl (C=O) groups excluding carboxylic acids is 1. The van der Waals surface area contributed by atoms with Crippen molar-refractivity contribution in [3.8, 4) is 0 Å². The summed E-state index contributed by atoms with van der Waals surface area (Å²) in [4.78, 5) is 25.8. The van der Waals surface area contributed by atoms with Gasteiger partial charge in [0, 0.05) is 19.0 Å². The van der Waals surface area contributed by atoms with E-state index in [2.05, 4.69) is 10.2 Å². The Kier molecular flexibility index (Phi) is 3.47. The molecular formula is C13H22N2O4. The number of carboxylic acids is 1. The molecule has 6 heteroatoms. The lowest BCUT2D eigenvalue weighted by Crippen LogP contribution is -2.63. The van der Waals surface area contributed by atoms with Crippen LogP contribution in [0.4, 0.5) is 4.79 Å². The summed E-state index contributed by atoms with van der Waals surface area (Å²) < 4.78 is 5.20. The lowest BCUT2D eigenvalue weighted by Gasteiger charge is -2.40. The van der Waals surface area contributed by atoms with Gasteiger partial charge in [0.2, 0.25) is 0 Å². The first kappa shape index (κ1) is 14.1. The number of alkyl carbamates (subject to hydrolysis) is 1. The molecule has 19 heavy (non-hydrogen) atoms. The van der Waals surface area contributed by atoms with E-state index in [0.29, 0.717) is 13.0 Å². The summed E-state index contributed by atoms with van der Waals surface area (Å²) in [5, 5.41) is 12.2. The number of rotatable bonds is 2. The van der Waals surface area contributed by atoms with Crippen LogP contribution >= 0.6 is 0 Å². The molecule has 0 aliphatic carbocycles. The Labute approximate surface area is 113 Å². The Bertz CT molecular complexity index is 391. The Morgan fingerprint density at radius 3 is 2.63 bits per heavy atom. The highest BCUT2D eigenvalue weighted by Crippen LogP contribution is 2.36. The third-order valence-electron chi connectivity index (χ3n) is 3.90. The van der Waals surface area contributed by atoms with Crippen molar-refractivity contribution in [2.75, 3.05) is 19.6 Å². The lowest BCUT2D eigenvalue weighted by molar-refractivity contribution is -0.148. The molecule has 108 valence electrons. The second-order valence-electron chi connectivity index (χ2n) is 6.44. The van der Waals surface area contributed by atoms with Gasteiger partial charge in [-0.3, -0.25) is 0 Å². The molecule has 2 rings (SSSR count). The van der Waals surface area contributed by atoms with Crippen molar-refractivity contribution >= 4 is 12.1 Å². The number of nitrogens with one attached hydrogen (secondary N) is 1. The number of aliphatic carboxylic acids is 1. The lowest BCUT2D eigenvalue weighted by atomic mass is 9.79. The maximum absolute atomic E-state index is 11.9. The number of ether oxygens (including phenoxy) is 1. The van der Waals surface area contributed by atoms with E-state index in [4.69, 9.17) is 4.74 Å². The molecule has 6 nitrogen and oxygen atoms in total. The number of carboxylic acid groups (broad SMARTS) is 1. The van der Waals surface area contributed by atoms with Crippen LogP contribution in [0.2, 0.25) is 0 Å². The molecule has 2 fully saturated rings. The van der Waals surface area contributed by atoms with Gasteiger partial charge in [-0.25, -0.2) is 9.59 Å². The van der Waals surface area contributed by atoms with E-state index in [1.165, 1.54) is 0 Å². The second-order valence-corrected chi connectivity index (χ2v) is 6.44. The molecule has 2 aliphatic heterocycles. The first-order valence-corrected chi connectivity index (χ1v) is 6.70. The van der Waals surface area contributed by atoms with Crippen molar-refractivity contribution in [2.24, 2.45) is 5.92 Å². The van der Waals surface area contributed by atoms with Crippen molar-refractivity contribution in [3.05, 3.63) is 0 Å². The van der Waals surface area contributed by atoms with E-state index in [1.54, 1.807) is 20.8 Å². The van der Waals surface area contributed by atoms with Gasteiger partial charge in [-0.1, -0.05) is 0 Å². The fraction of sp³-hybridized carbons (Fsp3) is 0.846. The Morgan fingerprint density at radius 2 is 2.05 bits per heavy atom. The molecular weight excluding hydrogens is 248 g/mol. The van der Waals surface area contributed by atoms with Crippen molar-refractivity contribution in [1.82, 2.24) is 10.2 Å².